The molecule has 0 radical (unpaired) electrons. The first kappa shape index (κ1) is 23.7. The highest BCUT2D eigenvalue weighted by Gasteiger charge is 2.43. The van der Waals surface area contributed by atoms with Crippen LogP contribution in [0.1, 0.15) is 43.4 Å². The average Bonchev–Trinajstić information content (AvgIpc) is 2.87. The van der Waals surface area contributed by atoms with E-state index in [1.54, 1.807) is 36.5 Å². The fourth-order valence-electron chi connectivity index (χ4n) is 4.49. The Morgan fingerprint density at radius 2 is 1.88 bits per heavy atom. The summed E-state index contributed by atoms with van der Waals surface area (Å²) in [6.07, 6.45) is 4.55. The molecular formula is C27H29FN2O4. The van der Waals surface area contributed by atoms with Crippen LogP contribution in [-0.4, -0.2) is 41.3 Å². The summed E-state index contributed by atoms with van der Waals surface area (Å²) in [6.45, 7) is 2.46. The van der Waals surface area contributed by atoms with Crippen molar-refractivity contribution in [2.24, 2.45) is 0 Å². The monoisotopic (exact) mass is 464 g/mol. The van der Waals surface area contributed by atoms with E-state index in [-0.39, 0.29) is 18.5 Å². The Morgan fingerprint density at radius 3 is 2.53 bits per heavy atom. The van der Waals surface area contributed by atoms with Crippen molar-refractivity contribution in [1.29, 1.82) is 0 Å². The third kappa shape index (κ3) is 4.89. The summed E-state index contributed by atoms with van der Waals surface area (Å²) in [5, 5.41) is 9.37. The van der Waals surface area contributed by atoms with E-state index in [9.17, 15) is 14.3 Å². The molecule has 0 aliphatic carbocycles. The Kier molecular flexibility index (Phi) is 7.12. The lowest BCUT2D eigenvalue weighted by Crippen LogP contribution is -2.48. The zero-order valence-electron chi connectivity index (χ0n) is 19.4. The minimum atomic E-state index is -0.868. The molecule has 0 spiro atoms. The van der Waals surface area contributed by atoms with Gasteiger partial charge in [0.1, 0.15) is 17.2 Å². The van der Waals surface area contributed by atoms with Gasteiger partial charge in [-0.15, -0.1) is 0 Å². The molecule has 1 fully saturated rings. The van der Waals surface area contributed by atoms with Crippen LogP contribution < -0.4 is 4.74 Å². The summed E-state index contributed by atoms with van der Waals surface area (Å²) in [5.74, 6) is 0.350. The molecule has 0 saturated carbocycles. The quantitative estimate of drug-likeness (QED) is 0.479. The first-order valence-corrected chi connectivity index (χ1v) is 11.4. The highest BCUT2D eigenvalue weighted by atomic mass is 19.1. The molecule has 1 aliphatic rings. The summed E-state index contributed by atoms with van der Waals surface area (Å²) < 4.78 is 24.7. The zero-order valence-corrected chi connectivity index (χ0v) is 19.4. The molecule has 0 bridgehead atoms. The van der Waals surface area contributed by atoms with Gasteiger partial charge in [0.25, 0.3) is 0 Å². The molecule has 7 heteroatoms. The lowest BCUT2D eigenvalue weighted by molar-refractivity contribution is -0.0680. The van der Waals surface area contributed by atoms with E-state index in [0.29, 0.717) is 31.6 Å². The standard InChI is InChI=1S/C27H29FN2O4/c1-19(20-4-6-21(7-5-20)22-16-25(33-2)18-29-17-22)30-14-13-27(12-3-15-31,34-26(30)32)23-8-10-24(28)11-9-23/h4-11,16-19,31H,3,12-15H2,1-2H3/t19-,27?/m0/s1. The smallest absolute Gasteiger partial charge is 0.411 e. The van der Waals surface area contributed by atoms with Crippen molar-refractivity contribution in [3.05, 3.63) is 83.9 Å². The number of cyclic esters (lactones) is 1. The molecule has 6 nitrogen and oxygen atoms in total. The van der Waals surface area contributed by atoms with Crippen LogP contribution in [0.3, 0.4) is 0 Å². The fourth-order valence-corrected chi connectivity index (χ4v) is 4.49. The third-order valence-electron chi connectivity index (χ3n) is 6.53. The second-order valence-corrected chi connectivity index (χ2v) is 8.55. The van der Waals surface area contributed by atoms with E-state index < -0.39 is 11.7 Å². The molecule has 1 saturated heterocycles. The molecule has 1 unspecified atom stereocenters. The van der Waals surface area contributed by atoms with E-state index in [1.165, 1.54) is 12.1 Å². The number of halogens is 1. The van der Waals surface area contributed by atoms with Crippen molar-refractivity contribution in [2.75, 3.05) is 20.3 Å². The molecule has 178 valence electrons. The minimum absolute atomic E-state index is 0.00420. The number of carbonyl (C=O) groups is 1. The molecule has 2 atom stereocenters. The van der Waals surface area contributed by atoms with Gasteiger partial charge in [-0.1, -0.05) is 36.4 Å². The second-order valence-electron chi connectivity index (χ2n) is 8.55. The van der Waals surface area contributed by atoms with E-state index >= 15 is 0 Å². The lowest BCUT2D eigenvalue weighted by atomic mass is 9.84. The van der Waals surface area contributed by atoms with Crippen LogP contribution in [-0.2, 0) is 10.3 Å². The first-order valence-electron chi connectivity index (χ1n) is 11.4. The number of aliphatic hydroxyl groups is 1. The normalized spacial score (nSPS) is 18.9. The maximum Gasteiger partial charge on any atom is 0.411 e. The van der Waals surface area contributed by atoms with Crippen LogP contribution >= 0.6 is 0 Å². The SMILES string of the molecule is COc1cncc(-c2ccc([C@H](C)N3CCC(CCCO)(c4ccc(F)cc4)OC3=O)cc2)c1. The Morgan fingerprint density at radius 1 is 1.15 bits per heavy atom. The summed E-state index contributed by atoms with van der Waals surface area (Å²) in [4.78, 5) is 19.0. The molecule has 1 N–H and O–H groups in total. The maximum atomic E-state index is 13.5. The number of rotatable bonds is 8. The summed E-state index contributed by atoms with van der Waals surface area (Å²) >= 11 is 0. The topological polar surface area (TPSA) is 71.9 Å². The van der Waals surface area contributed by atoms with Crippen LogP contribution in [0.2, 0.25) is 0 Å². The molecule has 3 aromatic rings. The molecule has 2 aromatic carbocycles. The van der Waals surface area contributed by atoms with Gasteiger partial charge >= 0.3 is 6.09 Å². The number of hydrogen-bond donors (Lipinski definition) is 1. The Labute approximate surface area is 199 Å². The van der Waals surface area contributed by atoms with Gasteiger partial charge in [0, 0.05) is 31.3 Å². The first-order chi connectivity index (χ1) is 16.5. The number of aliphatic hydroxyl groups excluding tert-OH is 1. The molecule has 1 aliphatic heterocycles. The third-order valence-corrected chi connectivity index (χ3v) is 6.53. The summed E-state index contributed by atoms with van der Waals surface area (Å²) in [5.41, 5.74) is 2.82. The minimum Gasteiger partial charge on any atom is -0.495 e. The van der Waals surface area contributed by atoms with Gasteiger partial charge in [-0.05, 0) is 54.7 Å². The number of hydrogen-bond acceptors (Lipinski definition) is 5. The largest absolute Gasteiger partial charge is 0.495 e. The number of carbonyl (C=O) groups excluding carboxylic acids is 1. The van der Waals surface area contributed by atoms with E-state index in [1.807, 2.05) is 37.3 Å². The maximum absolute atomic E-state index is 13.5. The molecule has 1 aromatic heterocycles. The predicted molar refractivity (Wildman–Crippen MR) is 127 cm³/mol. The second kappa shape index (κ2) is 10.2. The van der Waals surface area contributed by atoms with E-state index in [0.717, 1.165) is 22.3 Å². The summed E-state index contributed by atoms with van der Waals surface area (Å²) in [7, 11) is 1.61. The van der Waals surface area contributed by atoms with Crippen LogP contribution in [0.15, 0.2) is 67.0 Å². The Bertz CT molecular complexity index is 1120. The van der Waals surface area contributed by atoms with E-state index in [2.05, 4.69) is 4.98 Å². The Hall–Kier alpha value is -3.45. The molecule has 2 heterocycles. The van der Waals surface area contributed by atoms with Gasteiger partial charge < -0.3 is 19.5 Å². The number of ether oxygens (including phenoxy) is 2. The van der Waals surface area contributed by atoms with Crippen molar-refractivity contribution >= 4 is 6.09 Å². The zero-order chi connectivity index (χ0) is 24.1. The fraction of sp³-hybridized carbons (Fsp3) is 0.333. The lowest BCUT2D eigenvalue weighted by Gasteiger charge is -2.43. The number of pyridine rings is 1. The van der Waals surface area contributed by atoms with Gasteiger partial charge in [0.05, 0.1) is 19.3 Å². The number of amides is 1. The van der Waals surface area contributed by atoms with Gasteiger partial charge in [-0.3, -0.25) is 4.98 Å². The van der Waals surface area contributed by atoms with Gasteiger partial charge in [-0.2, -0.15) is 0 Å². The summed E-state index contributed by atoms with van der Waals surface area (Å²) in [6, 6.07) is 15.8. The van der Waals surface area contributed by atoms with Gasteiger partial charge in [0.2, 0.25) is 0 Å². The van der Waals surface area contributed by atoms with Crippen molar-refractivity contribution in [3.8, 4) is 16.9 Å². The Balaban J connectivity index is 1.51. The van der Waals surface area contributed by atoms with Crippen molar-refractivity contribution in [2.45, 2.75) is 37.8 Å². The van der Waals surface area contributed by atoms with Crippen molar-refractivity contribution in [3.63, 3.8) is 0 Å². The number of aromatic nitrogens is 1. The number of benzene rings is 2. The predicted octanol–water partition coefficient (Wildman–Crippen LogP) is 5.47. The molecular weight excluding hydrogens is 435 g/mol. The molecule has 34 heavy (non-hydrogen) atoms. The van der Waals surface area contributed by atoms with Crippen LogP contribution in [0.5, 0.6) is 5.75 Å². The molecule has 4 rings (SSSR count). The van der Waals surface area contributed by atoms with Gasteiger partial charge in [-0.25, -0.2) is 9.18 Å². The van der Waals surface area contributed by atoms with E-state index in [4.69, 9.17) is 9.47 Å². The highest BCUT2D eigenvalue weighted by Crippen LogP contribution is 2.40. The molecule has 1 amide bonds. The van der Waals surface area contributed by atoms with Gasteiger partial charge in [0.15, 0.2) is 0 Å². The highest BCUT2D eigenvalue weighted by molar-refractivity contribution is 5.70. The van der Waals surface area contributed by atoms with Crippen LogP contribution in [0, 0.1) is 5.82 Å². The van der Waals surface area contributed by atoms with Crippen LogP contribution in [0.4, 0.5) is 9.18 Å². The number of nitrogens with zero attached hydrogens (tertiary/aromatic N) is 2. The van der Waals surface area contributed by atoms with Crippen molar-refractivity contribution in [1.82, 2.24) is 9.88 Å². The average molecular weight is 465 g/mol. The van der Waals surface area contributed by atoms with Crippen LogP contribution in [0.25, 0.3) is 11.1 Å². The van der Waals surface area contributed by atoms with Crippen molar-refractivity contribution < 1.29 is 23.8 Å². The number of methoxy groups -OCH3 is 1.